The predicted molar refractivity (Wildman–Crippen MR) is 117 cm³/mol. The van der Waals surface area contributed by atoms with E-state index in [1.165, 1.54) is 49.7 Å². The third kappa shape index (κ3) is 7.44. The summed E-state index contributed by atoms with van der Waals surface area (Å²) in [6.07, 6.45) is 17.2. The molecule has 138 valence electrons. The molecule has 0 nitrogen and oxygen atoms in total. The Balaban J connectivity index is 2.16. The van der Waals surface area contributed by atoms with E-state index in [4.69, 9.17) is 0 Å². The van der Waals surface area contributed by atoms with Gasteiger partial charge in [0.05, 0.1) is 0 Å². The second-order valence-corrected chi connectivity index (χ2v) is 7.15. The molecule has 0 aliphatic carbocycles. The van der Waals surface area contributed by atoms with Gasteiger partial charge < -0.3 is 0 Å². The van der Waals surface area contributed by atoms with Crippen LogP contribution in [-0.4, -0.2) is 0 Å². The molecule has 0 radical (unpaired) electrons. The van der Waals surface area contributed by atoms with Crippen molar-refractivity contribution in [1.82, 2.24) is 0 Å². The Bertz CT molecular complexity index is 577. The highest BCUT2D eigenvalue weighted by Crippen LogP contribution is 2.28. The first-order chi connectivity index (χ1) is 12.8. The maximum Gasteiger partial charge on any atom is -0.0167 e. The van der Waals surface area contributed by atoms with E-state index in [-0.39, 0.29) is 0 Å². The molecule has 0 saturated carbocycles. The lowest BCUT2D eigenvalue weighted by atomic mass is 9.83. The van der Waals surface area contributed by atoms with Crippen molar-refractivity contribution < 1.29 is 0 Å². The summed E-state index contributed by atoms with van der Waals surface area (Å²) in [4.78, 5) is 0. The third-order valence-electron chi connectivity index (χ3n) is 5.00. The van der Waals surface area contributed by atoms with Crippen LogP contribution in [0, 0.1) is 11.8 Å². The Kier molecular flexibility index (Phi) is 9.57. The van der Waals surface area contributed by atoms with Gasteiger partial charge >= 0.3 is 0 Å². The molecular formula is C26H34. The quantitative estimate of drug-likeness (QED) is 0.386. The first-order valence-corrected chi connectivity index (χ1v) is 10.3. The second-order valence-electron chi connectivity index (χ2n) is 7.15. The maximum atomic E-state index is 2.46. The molecule has 2 rings (SSSR count). The molecule has 0 bridgehead atoms. The van der Waals surface area contributed by atoms with Gasteiger partial charge in [0.1, 0.15) is 0 Å². The number of hydrogen-bond donors (Lipinski definition) is 0. The molecular weight excluding hydrogens is 312 g/mol. The Morgan fingerprint density at radius 3 is 1.35 bits per heavy atom. The molecule has 26 heavy (non-hydrogen) atoms. The first-order valence-electron chi connectivity index (χ1n) is 10.3. The molecule has 0 aliphatic heterocycles. The average molecular weight is 347 g/mol. The topological polar surface area (TPSA) is 0 Å². The number of hydrogen-bond acceptors (Lipinski definition) is 0. The average Bonchev–Trinajstić information content (AvgIpc) is 2.70. The fraction of sp³-hybridized carbons (Fsp3) is 0.385. The minimum absolute atomic E-state index is 0.613. The molecule has 2 atom stereocenters. The van der Waals surface area contributed by atoms with Crippen LogP contribution in [0.1, 0.15) is 63.5 Å². The van der Waals surface area contributed by atoms with Crippen LogP contribution in [0.2, 0.25) is 0 Å². The van der Waals surface area contributed by atoms with E-state index >= 15 is 0 Å². The van der Waals surface area contributed by atoms with Crippen LogP contribution in [0.15, 0.2) is 72.8 Å². The van der Waals surface area contributed by atoms with E-state index in [9.17, 15) is 0 Å². The van der Waals surface area contributed by atoms with Gasteiger partial charge in [0.15, 0.2) is 0 Å². The first kappa shape index (κ1) is 20.2. The van der Waals surface area contributed by atoms with Crippen LogP contribution < -0.4 is 0 Å². The molecule has 0 heteroatoms. The lowest BCUT2D eigenvalue weighted by Crippen LogP contribution is -2.11. The molecule has 0 fully saturated rings. The van der Waals surface area contributed by atoms with Crippen molar-refractivity contribution in [2.45, 2.75) is 52.4 Å². The van der Waals surface area contributed by atoms with E-state index in [1.807, 2.05) is 0 Å². The van der Waals surface area contributed by atoms with Crippen LogP contribution in [0.4, 0.5) is 0 Å². The van der Waals surface area contributed by atoms with E-state index < -0.39 is 0 Å². The summed E-state index contributed by atoms with van der Waals surface area (Å²) in [6, 6.07) is 21.4. The Hall–Kier alpha value is -2.08. The zero-order valence-corrected chi connectivity index (χ0v) is 16.5. The number of rotatable bonds is 11. The number of unbranched alkanes of at least 4 members (excludes halogenated alkanes) is 2. The van der Waals surface area contributed by atoms with E-state index in [0.717, 1.165) is 0 Å². The predicted octanol–water partition coefficient (Wildman–Crippen LogP) is 8.03. The summed E-state index contributed by atoms with van der Waals surface area (Å²) in [7, 11) is 0. The molecule has 0 amide bonds. The van der Waals surface area contributed by atoms with Gasteiger partial charge in [-0.25, -0.2) is 0 Å². The minimum Gasteiger partial charge on any atom is -0.0802 e. The van der Waals surface area contributed by atoms with E-state index in [1.54, 1.807) is 0 Å². The largest absolute Gasteiger partial charge is 0.0802 e. The monoisotopic (exact) mass is 346 g/mol. The summed E-state index contributed by atoms with van der Waals surface area (Å²) in [5.41, 5.74) is 2.60. The van der Waals surface area contributed by atoms with Crippen molar-refractivity contribution in [3.8, 4) is 0 Å². The van der Waals surface area contributed by atoms with Gasteiger partial charge in [-0.1, -0.05) is 124 Å². The van der Waals surface area contributed by atoms with E-state index in [2.05, 4.69) is 98.8 Å². The van der Waals surface area contributed by atoms with Crippen LogP contribution in [0.25, 0.3) is 12.2 Å². The Morgan fingerprint density at radius 2 is 1.00 bits per heavy atom. The van der Waals surface area contributed by atoms with Crippen molar-refractivity contribution in [1.29, 1.82) is 0 Å². The number of allylic oxidation sites excluding steroid dienone is 2. The summed E-state index contributed by atoms with van der Waals surface area (Å²) >= 11 is 0. The summed E-state index contributed by atoms with van der Waals surface area (Å²) in [6.45, 7) is 4.58. The zero-order chi connectivity index (χ0) is 18.5. The van der Waals surface area contributed by atoms with Crippen molar-refractivity contribution in [2.24, 2.45) is 11.8 Å². The van der Waals surface area contributed by atoms with Crippen LogP contribution in [0.5, 0.6) is 0 Å². The van der Waals surface area contributed by atoms with Gasteiger partial charge in [-0.2, -0.15) is 0 Å². The normalized spacial score (nSPS) is 14.1. The summed E-state index contributed by atoms with van der Waals surface area (Å²) in [5, 5.41) is 0. The SMILES string of the molecule is CCCCC(/C=C/c1ccccc1)C(/C=C/c1ccccc1)CCCC. The van der Waals surface area contributed by atoms with Gasteiger partial charge in [-0.3, -0.25) is 0 Å². The summed E-state index contributed by atoms with van der Waals surface area (Å²) in [5.74, 6) is 1.23. The summed E-state index contributed by atoms with van der Waals surface area (Å²) < 4.78 is 0. The van der Waals surface area contributed by atoms with Crippen molar-refractivity contribution >= 4 is 12.2 Å². The van der Waals surface area contributed by atoms with Gasteiger partial charge in [-0.15, -0.1) is 0 Å². The van der Waals surface area contributed by atoms with Gasteiger partial charge in [0, 0.05) is 0 Å². The van der Waals surface area contributed by atoms with Crippen LogP contribution in [0.3, 0.4) is 0 Å². The molecule has 0 aliphatic rings. The fourth-order valence-corrected chi connectivity index (χ4v) is 3.38. The van der Waals surface area contributed by atoms with Crippen LogP contribution >= 0.6 is 0 Å². The molecule has 2 aromatic rings. The highest BCUT2D eigenvalue weighted by atomic mass is 14.2. The molecule has 0 N–H and O–H groups in total. The van der Waals surface area contributed by atoms with Gasteiger partial charge in [-0.05, 0) is 35.8 Å². The van der Waals surface area contributed by atoms with Crippen molar-refractivity contribution in [3.05, 3.63) is 83.9 Å². The molecule has 0 heterocycles. The number of benzene rings is 2. The molecule has 0 spiro atoms. The lowest BCUT2D eigenvalue weighted by molar-refractivity contribution is 0.400. The van der Waals surface area contributed by atoms with Crippen LogP contribution in [-0.2, 0) is 0 Å². The maximum absolute atomic E-state index is 2.46. The minimum atomic E-state index is 0.613. The zero-order valence-electron chi connectivity index (χ0n) is 16.5. The van der Waals surface area contributed by atoms with Crippen molar-refractivity contribution in [2.75, 3.05) is 0 Å². The molecule has 2 aromatic carbocycles. The molecule has 0 aromatic heterocycles. The van der Waals surface area contributed by atoms with E-state index in [0.29, 0.717) is 11.8 Å². The highest BCUT2D eigenvalue weighted by molar-refractivity contribution is 5.51. The highest BCUT2D eigenvalue weighted by Gasteiger charge is 2.16. The molecule has 0 saturated heterocycles. The fourth-order valence-electron chi connectivity index (χ4n) is 3.38. The third-order valence-corrected chi connectivity index (χ3v) is 5.00. The van der Waals surface area contributed by atoms with Gasteiger partial charge in [0.25, 0.3) is 0 Å². The Morgan fingerprint density at radius 1 is 0.615 bits per heavy atom. The second kappa shape index (κ2) is 12.3. The van der Waals surface area contributed by atoms with Crippen molar-refractivity contribution in [3.63, 3.8) is 0 Å². The smallest absolute Gasteiger partial charge is 0.0167 e. The Labute approximate surface area is 160 Å². The lowest BCUT2D eigenvalue weighted by Gasteiger charge is -2.22. The standard InChI is InChI=1S/C26H34/c1-3-5-17-25(21-19-23-13-9-7-10-14-23)26(18-6-4-2)22-20-24-15-11-8-12-16-24/h7-16,19-22,25-26H,3-6,17-18H2,1-2H3/b21-19+,22-20+. The molecule has 2 unspecified atom stereocenters. The van der Waals surface area contributed by atoms with Gasteiger partial charge in [0.2, 0.25) is 0 Å².